The van der Waals surface area contributed by atoms with Crippen LogP contribution in [0.2, 0.25) is 0 Å². The molecule has 19 heavy (non-hydrogen) atoms. The Hall–Kier alpha value is -1.55. The summed E-state index contributed by atoms with van der Waals surface area (Å²) in [6, 6.07) is 4.26. The van der Waals surface area contributed by atoms with Crippen molar-refractivity contribution in [3.63, 3.8) is 0 Å². The van der Waals surface area contributed by atoms with Crippen LogP contribution in [-0.2, 0) is 11.2 Å². The Balaban J connectivity index is 2.71. The van der Waals surface area contributed by atoms with Gasteiger partial charge in [0, 0.05) is 6.04 Å². The molecule has 0 aliphatic rings. The lowest BCUT2D eigenvalue weighted by molar-refractivity contribution is -0.123. The number of rotatable bonds is 6. The molecule has 4 nitrogen and oxygen atoms in total. The Morgan fingerprint density at radius 1 is 1.32 bits per heavy atom. The number of aryl methyl sites for hydroxylation is 2. The zero-order valence-electron chi connectivity index (χ0n) is 12.2. The first-order valence-corrected chi connectivity index (χ1v) is 6.66. The number of hydrogen-bond acceptors (Lipinski definition) is 3. The molecular formula is C15H24N2O2. The number of carbonyl (C=O) groups excluding carboxylic acids is 1. The molecule has 0 spiro atoms. The highest BCUT2D eigenvalue weighted by Crippen LogP contribution is 2.24. The van der Waals surface area contributed by atoms with Gasteiger partial charge in [-0.05, 0) is 57.4 Å². The van der Waals surface area contributed by atoms with Crippen LogP contribution in [0.25, 0.3) is 0 Å². The Morgan fingerprint density at radius 2 is 1.89 bits per heavy atom. The third-order valence-electron chi connectivity index (χ3n) is 2.75. The Labute approximate surface area is 115 Å². The molecule has 0 heterocycles. The highest BCUT2D eigenvalue weighted by molar-refractivity contribution is 5.77. The minimum absolute atomic E-state index is 0.0517. The van der Waals surface area contributed by atoms with Gasteiger partial charge in [0.05, 0.1) is 0 Å². The number of nitrogens with two attached hydrogens (primary N) is 1. The molecule has 0 aliphatic heterocycles. The SMILES string of the molecule is Cc1cc(CCN)cc(C)c1OCC(=O)NC(C)C. The zero-order valence-corrected chi connectivity index (χ0v) is 12.2. The van der Waals surface area contributed by atoms with Crippen molar-refractivity contribution in [1.29, 1.82) is 0 Å². The first kappa shape index (κ1) is 15.5. The average Bonchev–Trinajstić information content (AvgIpc) is 2.27. The van der Waals surface area contributed by atoms with E-state index >= 15 is 0 Å². The minimum Gasteiger partial charge on any atom is -0.483 e. The molecule has 0 radical (unpaired) electrons. The number of hydrogen-bond donors (Lipinski definition) is 2. The van der Waals surface area contributed by atoms with Crippen LogP contribution >= 0.6 is 0 Å². The van der Waals surface area contributed by atoms with Crippen LogP contribution in [0.15, 0.2) is 12.1 Å². The molecule has 1 rings (SSSR count). The number of benzene rings is 1. The molecule has 1 amide bonds. The summed E-state index contributed by atoms with van der Waals surface area (Å²) in [5, 5.41) is 2.80. The molecule has 3 N–H and O–H groups in total. The fourth-order valence-corrected chi connectivity index (χ4v) is 2.08. The van der Waals surface area contributed by atoms with Gasteiger partial charge in [0.2, 0.25) is 0 Å². The quantitative estimate of drug-likeness (QED) is 0.822. The van der Waals surface area contributed by atoms with Crippen molar-refractivity contribution in [2.45, 2.75) is 40.2 Å². The lowest BCUT2D eigenvalue weighted by Gasteiger charge is -2.14. The van der Waals surface area contributed by atoms with Crippen molar-refractivity contribution in [3.8, 4) is 5.75 Å². The van der Waals surface area contributed by atoms with Gasteiger partial charge in [-0.3, -0.25) is 4.79 Å². The summed E-state index contributed by atoms with van der Waals surface area (Å²) in [6.07, 6.45) is 0.857. The van der Waals surface area contributed by atoms with E-state index < -0.39 is 0 Å². The Morgan fingerprint density at radius 3 is 2.37 bits per heavy atom. The minimum atomic E-state index is -0.0974. The van der Waals surface area contributed by atoms with Gasteiger partial charge in [-0.15, -0.1) is 0 Å². The molecule has 0 aromatic heterocycles. The summed E-state index contributed by atoms with van der Waals surface area (Å²) < 4.78 is 5.62. The Bertz CT molecular complexity index is 419. The highest BCUT2D eigenvalue weighted by atomic mass is 16.5. The predicted molar refractivity (Wildman–Crippen MR) is 77.4 cm³/mol. The van der Waals surface area contributed by atoms with Crippen molar-refractivity contribution in [1.82, 2.24) is 5.32 Å². The summed E-state index contributed by atoms with van der Waals surface area (Å²) in [7, 11) is 0. The van der Waals surface area contributed by atoms with E-state index in [2.05, 4.69) is 17.4 Å². The van der Waals surface area contributed by atoms with Crippen LogP contribution in [0, 0.1) is 13.8 Å². The van der Waals surface area contributed by atoms with E-state index in [1.165, 1.54) is 5.56 Å². The first-order valence-electron chi connectivity index (χ1n) is 6.66. The van der Waals surface area contributed by atoms with E-state index in [9.17, 15) is 4.79 Å². The van der Waals surface area contributed by atoms with Crippen LogP contribution in [0.1, 0.15) is 30.5 Å². The lowest BCUT2D eigenvalue weighted by Crippen LogP contribution is -2.34. The van der Waals surface area contributed by atoms with E-state index in [1.807, 2.05) is 27.7 Å². The lowest BCUT2D eigenvalue weighted by atomic mass is 10.0. The van der Waals surface area contributed by atoms with E-state index in [1.54, 1.807) is 0 Å². The Kier molecular flexibility index (Phi) is 5.83. The van der Waals surface area contributed by atoms with Gasteiger partial charge in [0.15, 0.2) is 6.61 Å². The van der Waals surface area contributed by atoms with Gasteiger partial charge in [0.1, 0.15) is 5.75 Å². The normalized spacial score (nSPS) is 10.6. The maximum Gasteiger partial charge on any atom is 0.258 e. The molecular weight excluding hydrogens is 240 g/mol. The van der Waals surface area contributed by atoms with Crippen LogP contribution in [0.5, 0.6) is 5.75 Å². The number of amides is 1. The van der Waals surface area contributed by atoms with Crippen molar-refractivity contribution >= 4 is 5.91 Å². The summed E-state index contributed by atoms with van der Waals surface area (Å²) in [6.45, 7) is 8.52. The van der Waals surface area contributed by atoms with Crippen molar-refractivity contribution in [3.05, 3.63) is 28.8 Å². The summed E-state index contributed by atoms with van der Waals surface area (Å²) in [5.74, 6) is 0.694. The zero-order chi connectivity index (χ0) is 14.4. The maximum absolute atomic E-state index is 11.6. The smallest absolute Gasteiger partial charge is 0.258 e. The van der Waals surface area contributed by atoms with Crippen LogP contribution in [0.3, 0.4) is 0 Å². The average molecular weight is 264 g/mol. The summed E-state index contributed by atoms with van der Waals surface area (Å²) in [4.78, 5) is 11.6. The second-order valence-corrected chi connectivity index (χ2v) is 5.11. The number of nitrogens with one attached hydrogen (secondary N) is 1. The van der Waals surface area contributed by atoms with Gasteiger partial charge in [-0.1, -0.05) is 12.1 Å². The summed E-state index contributed by atoms with van der Waals surface area (Å²) >= 11 is 0. The number of ether oxygens (including phenoxy) is 1. The monoisotopic (exact) mass is 264 g/mol. The first-order chi connectivity index (χ1) is 8.93. The molecule has 0 saturated carbocycles. The second kappa shape index (κ2) is 7.14. The van der Waals surface area contributed by atoms with Gasteiger partial charge < -0.3 is 15.8 Å². The number of carbonyl (C=O) groups is 1. The van der Waals surface area contributed by atoms with Crippen molar-refractivity contribution < 1.29 is 9.53 Å². The fourth-order valence-electron chi connectivity index (χ4n) is 2.08. The van der Waals surface area contributed by atoms with Crippen LogP contribution in [-0.4, -0.2) is 25.1 Å². The molecule has 0 unspecified atom stereocenters. The largest absolute Gasteiger partial charge is 0.483 e. The van der Waals surface area contributed by atoms with Gasteiger partial charge in [0.25, 0.3) is 5.91 Å². The molecule has 0 bridgehead atoms. The van der Waals surface area contributed by atoms with Gasteiger partial charge >= 0.3 is 0 Å². The summed E-state index contributed by atoms with van der Waals surface area (Å²) in [5.41, 5.74) is 8.85. The molecule has 4 heteroatoms. The van der Waals surface area contributed by atoms with E-state index in [-0.39, 0.29) is 18.6 Å². The van der Waals surface area contributed by atoms with Crippen molar-refractivity contribution in [2.24, 2.45) is 5.73 Å². The van der Waals surface area contributed by atoms with Crippen LogP contribution in [0.4, 0.5) is 0 Å². The molecule has 1 aromatic carbocycles. The van der Waals surface area contributed by atoms with E-state index in [0.29, 0.717) is 6.54 Å². The third-order valence-corrected chi connectivity index (χ3v) is 2.75. The molecule has 0 aliphatic carbocycles. The van der Waals surface area contributed by atoms with Crippen LogP contribution < -0.4 is 15.8 Å². The fraction of sp³-hybridized carbons (Fsp3) is 0.533. The standard InChI is InChI=1S/C15H24N2O2/c1-10(2)17-14(18)9-19-15-11(3)7-13(5-6-16)8-12(15)4/h7-8,10H,5-6,9,16H2,1-4H3,(H,17,18). The molecule has 0 saturated heterocycles. The topological polar surface area (TPSA) is 64.3 Å². The molecule has 1 aromatic rings. The predicted octanol–water partition coefficient (Wildman–Crippen LogP) is 1.71. The molecule has 0 atom stereocenters. The van der Waals surface area contributed by atoms with E-state index in [4.69, 9.17) is 10.5 Å². The van der Waals surface area contributed by atoms with E-state index in [0.717, 1.165) is 23.3 Å². The van der Waals surface area contributed by atoms with Gasteiger partial charge in [-0.2, -0.15) is 0 Å². The highest BCUT2D eigenvalue weighted by Gasteiger charge is 2.09. The van der Waals surface area contributed by atoms with Crippen molar-refractivity contribution in [2.75, 3.05) is 13.2 Å². The molecule has 0 fully saturated rings. The maximum atomic E-state index is 11.6. The van der Waals surface area contributed by atoms with Gasteiger partial charge in [-0.25, -0.2) is 0 Å². The molecule has 106 valence electrons. The third kappa shape index (κ3) is 4.91. The second-order valence-electron chi connectivity index (χ2n) is 5.11.